The van der Waals surface area contributed by atoms with Gasteiger partial charge in [-0.15, -0.1) is 0 Å². The first-order valence-corrected chi connectivity index (χ1v) is 5.91. The molecule has 1 fully saturated rings. The summed E-state index contributed by atoms with van der Waals surface area (Å²) in [5, 5.41) is 6.16. The molecule has 16 heavy (non-hydrogen) atoms. The third kappa shape index (κ3) is 2.99. The maximum Gasteiger partial charge on any atom is 0.251 e. The molecule has 2 rings (SSSR count). The van der Waals surface area contributed by atoms with Gasteiger partial charge in [0.1, 0.15) is 0 Å². The minimum atomic E-state index is 0.0370. The minimum absolute atomic E-state index is 0.0370. The lowest BCUT2D eigenvalue weighted by Gasteiger charge is -2.06. The Kier molecular flexibility index (Phi) is 3.44. The van der Waals surface area contributed by atoms with Crippen molar-refractivity contribution < 1.29 is 4.79 Å². The molecule has 0 radical (unpaired) electrons. The molecule has 0 unspecified atom stereocenters. The van der Waals surface area contributed by atoms with E-state index in [2.05, 4.69) is 17.6 Å². The molecule has 0 spiro atoms. The molecule has 0 bridgehead atoms. The molecule has 0 atom stereocenters. The van der Waals surface area contributed by atoms with Crippen molar-refractivity contribution in [2.24, 2.45) is 5.92 Å². The number of carbonyl (C=O) groups is 1. The van der Waals surface area contributed by atoms with Gasteiger partial charge in [0.25, 0.3) is 5.91 Å². The van der Waals surface area contributed by atoms with Gasteiger partial charge in [-0.2, -0.15) is 0 Å². The van der Waals surface area contributed by atoms with Gasteiger partial charge in [-0.3, -0.25) is 4.79 Å². The highest BCUT2D eigenvalue weighted by atomic mass is 16.1. The van der Waals surface area contributed by atoms with Gasteiger partial charge in [-0.1, -0.05) is 0 Å². The molecule has 0 aromatic heterocycles. The Balaban J connectivity index is 1.88. The van der Waals surface area contributed by atoms with E-state index in [1.165, 1.54) is 12.8 Å². The molecule has 0 heterocycles. The highest BCUT2D eigenvalue weighted by Gasteiger charge is 2.21. The Morgan fingerprint density at radius 1 is 1.31 bits per heavy atom. The van der Waals surface area contributed by atoms with Crippen LogP contribution in [0.1, 0.15) is 30.1 Å². The second-order valence-electron chi connectivity index (χ2n) is 4.26. The Hall–Kier alpha value is -1.51. The van der Waals surface area contributed by atoms with Crippen LogP contribution in [0, 0.1) is 5.92 Å². The number of carbonyl (C=O) groups excluding carboxylic acids is 1. The molecule has 2 N–H and O–H groups in total. The molecular formula is C13H18N2O. The molecule has 3 heteroatoms. The monoisotopic (exact) mass is 218 g/mol. The van der Waals surface area contributed by atoms with Gasteiger partial charge in [-0.25, -0.2) is 0 Å². The zero-order valence-electron chi connectivity index (χ0n) is 9.62. The van der Waals surface area contributed by atoms with Gasteiger partial charge in [0.15, 0.2) is 0 Å². The van der Waals surface area contributed by atoms with Crippen LogP contribution in [0.15, 0.2) is 24.3 Å². The van der Waals surface area contributed by atoms with Crippen molar-refractivity contribution in [3.8, 4) is 0 Å². The lowest BCUT2D eigenvalue weighted by Crippen LogP contribution is -2.25. The molecule has 1 saturated carbocycles. The summed E-state index contributed by atoms with van der Waals surface area (Å²) < 4.78 is 0. The maximum atomic E-state index is 11.7. The lowest BCUT2D eigenvalue weighted by molar-refractivity contribution is 0.0952. The van der Waals surface area contributed by atoms with Gasteiger partial charge in [0.2, 0.25) is 0 Å². The lowest BCUT2D eigenvalue weighted by atomic mass is 10.2. The standard InChI is InChI=1S/C13H18N2O/c1-2-14-12-7-5-11(6-8-12)13(16)15-9-10-3-4-10/h5-8,10,14H,2-4,9H2,1H3,(H,15,16). The van der Waals surface area contributed by atoms with Crippen LogP contribution < -0.4 is 10.6 Å². The Morgan fingerprint density at radius 2 is 2.00 bits per heavy atom. The van der Waals surface area contributed by atoms with Crippen LogP contribution in [0.2, 0.25) is 0 Å². The molecule has 1 aromatic rings. The third-order valence-electron chi connectivity index (χ3n) is 2.78. The van der Waals surface area contributed by atoms with Gasteiger partial charge in [0, 0.05) is 24.3 Å². The summed E-state index contributed by atoms with van der Waals surface area (Å²) in [6.07, 6.45) is 2.53. The second kappa shape index (κ2) is 5.01. The van der Waals surface area contributed by atoms with Crippen molar-refractivity contribution in [3.63, 3.8) is 0 Å². The van der Waals surface area contributed by atoms with Gasteiger partial charge in [-0.05, 0) is 49.9 Å². The fourth-order valence-electron chi connectivity index (χ4n) is 1.60. The summed E-state index contributed by atoms with van der Waals surface area (Å²) >= 11 is 0. The SMILES string of the molecule is CCNc1ccc(C(=O)NCC2CC2)cc1. The van der Waals surface area contributed by atoms with E-state index in [4.69, 9.17) is 0 Å². The topological polar surface area (TPSA) is 41.1 Å². The van der Waals surface area contributed by atoms with Crippen LogP contribution in [0.25, 0.3) is 0 Å². The van der Waals surface area contributed by atoms with E-state index in [0.717, 1.165) is 30.3 Å². The van der Waals surface area contributed by atoms with Crippen LogP contribution in [0.3, 0.4) is 0 Å². The van der Waals surface area contributed by atoms with E-state index in [-0.39, 0.29) is 5.91 Å². The summed E-state index contributed by atoms with van der Waals surface area (Å²) in [5.74, 6) is 0.764. The summed E-state index contributed by atoms with van der Waals surface area (Å²) in [5.41, 5.74) is 1.79. The molecule has 1 aromatic carbocycles. The number of hydrogen-bond donors (Lipinski definition) is 2. The summed E-state index contributed by atoms with van der Waals surface area (Å²) in [6, 6.07) is 7.60. The maximum absolute atomic E-state index is 11.7. The number of hydrogen-bond acceptors (Lipinski definition) is 2. The Labute approximate surface area is 96.2 Å². The van der Waals surface area contributed by atoms with Crippen molar-refractivity contribution in [3.05, 3.63) is 29.8 Å². The van der Waals surface area contributed by atoms with Crippen LogP contribution in [-0.4, -0.2) is 19.0 Å². The third-order valence-corrected chi connectivity index (χ3v) is 2.78. The van der Waals surface area contributed by atoms with Crippen molar-refractivity contribution in [2.45, 2.75) is 19.8 Å². The molecule has 0 aliphatic heterocycles. The predicted molar refractivity (Wildman–Crippen MR) is 65.7 cm³/mol. The zero-order valence-corrected chi connectivity index (χ0v) is 9.62. The normalized spacial score (nSPS) is 14.6. The average Bonchev–Trinajstić information content (AvgIpc) is 3.11. The number of rotatable bonds is 5. The van der Waals surface area contributed by atoms with Gasteiger partial charge < -0.3 is 10.6 Å². The van der Waals surface area contributed by atoms with Crippen molar-refractivity contribution in [1.82, 2.24) is 5.32 Å². The first-order valence-electron chi connectivity index (χ1n) is 5.91. The average molecular weight is 218 g/mol. The van der Waals surface area contributed by atoms with E-state index in [9.17, 15) is 4.79 Å². The second-order valence-corrected chi connectivity index (χ2v) is 4.26. The molecule has 1 aliphatic carbocycles. The molecule has 1 amide bonds. The highest BCUT2D eigenvalue weighted by Crippen LogP contribution is 2.27. The molecule has 86 valence electrons. The van der Waals surface area contributed by atoms with Crippen LogP contribution in [0.5, 0.6) is 0 Å². The Morgan fingerprint density at radius 3 is 2.56 bits per heavy atom. The molecule has 0 saturated heterocycles. The van der Waals surface area contributed by atoms with Gasteiger partial charge in [0.05, 0.1) is 0 Å². The van der Waals surface area contributed by atoms with Crippen molar-refractivity contribution >= 4 is 11.6 Å². The van der Waals surface area contributed by atoms with Crippen molar-refractivity contribution in [2.75, 3.05) is 18.4 Å². The van der Waals surface area contributed by atoms with E-state index >= 15 is 0 Å². The van der Waals surface area contributed by atoms with Crippen LogP contribution >= 0.6 is 0 Å². The number of amides is 1. The first-order chi connectivity index (χ1) is 7.79. The smallest absolute Gasteiger partial charge is 0.251 e. The van der Waals surface area contributed by atoms with Gasteiger partial charge >= 0.3 is 0 Å². The zero-order chi connectivity index (χ0) is 11.4. The Bertz CT molecular complexity index is 355. The molecular weight excluding hydrogens is 200 g/mol. The first kappa shape index (κ1) is 11.0. The quantitative estimate of drug-likeness (QED) is 0.796. The van der Waals surface area contributed by atoms with E-state index < -0.39 is 0 Å². The van der Waals surface area contributed by atoms with Crippen LogP contribution in [-0.2, 0) is 0 Å². The fourth-order valence-corrected chi connectivity index (χ4v) is 1.60. The number of benzene rings is 1. The van der Waals surface area contributed by atoms with E-state index in [0.29, 0.717) is 0 Å². The summed E-state index contributed by atoms with van der Waals surface area (Å²) in [4.78, 5) is 11.7. The highest BCUT2D eigenvalue weighted by molar-refractivity contribution is 5.94. The molecule has 3 nitrogen and oxygen atoms in total. The fraction of sp³-hybridized carbons (Fsp3) is 0.462. The predicted octanol–water partition coefficient (Wildman–Crippen LogP) is 2.26. The van der Waals surface area contributed by atoms with Crippen molar-refractivity contribution in [1.29, 1.82) is 0 Å². The summed E-state index contributed by atoms with van der Waals surface area (Å²) in [7, 11) is 0. The van der Waals surface area contributed by atoms with E-state index in [1.54, 1.807) is 0 Å². The molecule has 1 aliphatic rings. The largest absolute Gasteiger partial charge is 0.385 e. The number of nitrogens with one attached hydrogen (secondary N) is 2. The number of anilines is 1. The summed E-state index contributed by atoms with van der Waals surface area (Å²) in [6.45, 7) is 3.78. The van der Waals surface area contributed by atoms with Crippen LogP contribution in [0.4, 0.5) is 5.69 Å². The van der Waals surface area contributed by atoms with E-state index in [1.807, 2.05) is 24.3 Å². The minimum Gasteiger partial charge on any atom is -0.385 e.